The van der Waals surface area contributed by atoms with Gasteiger partial charge in [0.1, 0.15) is 22.8 Å². The van der Waals surface area contributed by atoms with Gasteiger partial charge in [0.05, 0.1) is 30.9 Å². The van der Waals surface area contributed by atoms with E-state index in [2.05, 4.69) is 0 Å². The van der Waals surface area contributed by atoms with E-state index in [0.29, 0.717) is 0 Å². The molecule has 0 aliphatic heterocycles. The van der Waals surface area contributed by atoms with Crippen molar-refractivity contribution in [1.29, 1.82) is 0 Å². The number of hydrogen-bond acceptors (Lipinski definition) is 6. The van der Waals surface area contributed by atoms with Crippen LogP contribution in [0.25, 0.3) is 0 Å². The van der Waals surface area contributed by atoms with Crippen molar-refractivity contribution < 1.29 is 28.4 Å². The molecular formula is C25H24ClO6P. The Morgan fingerprint density at radius 3 is 1.82 bits per heavy atom. The van der Waals surface area contributed by atoms with E-state index in [1.807, 2.05) is 0 Å². The predicted molar refractivity (Wildman–Crippen MR) is 129 cm³/mol. The van der Waals surface area contributed by atoms with E-state index in [4.69, 9.17) is 25.8 Å². The first-order chi connectivity index (χ1) is 15.9. The van der Waals surface area contributed by atoms with Crippen LogP contribution < -0.4 is 19.5 Å². The molecule has 0 saturated carbocycles. The molecule has 0 amide bonds. The molecule has 0 saturated heterocycles. The molecule has 3 rings (SSSR count). The number of ether oxygens (including phenoxy) is 3. The lowest BCUT2D eigenvalue weighted by Crippen LogP contribution is -2.22. The molecule has 0 aliphatic rings. The second-order valence-corrected chi connectivity index (χ2v) is 9.82. The van der Waals surface area contributed by atoms with Crippen molar-refractivity contribution in [3.63, 3.8) is 0 Å². The lowest BCUT2D eigenvalue weighted by atomic mass is 10.2. The van der Waals surface area contributed by atoms with Crippen LogP contribution in [-0.2, 0) is 4.57 Å². The average molecular weight is 487 g/mol. The van der Waals surface area contributed by atoms with Crippen LogP contribution in [0, 0.1) is 0 Å². The van der Waals surface area contributed by atoms with E-state index in [0.717, 1.165) is 0 Å². The van der Waals surface area contributed by atoms with Crippen molar-refractivity contribution in [3.8, 4) is 17.2 Å². The number of hydrogen-bond donors (Lipinski definition) is 0. The number of carbonyl (C=O) groups is 2. The third kappa shape index (κ3) is 4.68. The molecule has 0 heterocycles. The van der Waals surface area contributed by atoms with E-state index >= 15 is 0 Å². The highest BCUT2D eigenvalue weighted by Gasteiger charge is 2.46. The minimum atomic E-state index is -4.47. The zero-order valence-electron chi connectivity index (χ0n) is 18.5. The average Bonchev–Trinajstić information content (AvgIpc) is 2.83. The van der Waals surface area contributed by atoms with Gasteiger partial charge in [0.2, 0.25) is 18.2 Å². The number of methoxy groups -OCH3 is 1. The Bertz CT molecular complexity index is 1180. The summed E-state index contributed by atoms with van der Waals surface area (Å²) in [6, 6.07) is 17.4. The Kier molecular flexibility index (Phi) is 7.96. The second-order valence-electron chi connectivity index (χ2n) is 6.87. The van der Waals surface area contributed by atoms with Crippen LogP contribution in [0.3, 0.4) is 0 Å². The molecule has 1 atom stereocenters. The molecular weight excluding hydrogens is 463 g/mol. The van der Waals surface area contributed by atoms with Crippen LogP contribution in [0.1, 0.15) is 34.6 Å². The van der Waals surface area contributed by atoms with Crippen LogP contribution in [0.4, 0.5) is 0 Å². The fraction of sp³-hybridized carbons (Fsp3) is 0.200. The Morgan fingerprint density at radius 2 is 1.27 bits per heavy atom. The molecule has 0 spiro atoms. The summed E-state index contributed by atoms with van der Waals surface area (Å²) in [6.45, 7) is 4.05. The molecule has 6 nitrogen and oxygen atoms in total. The van der Waals surface area contributed by atoms with Gasteiger partial charge in [0.25, 0.3) is 0 Å². The van der Waals surface area contributed by atoms with Gasteiger partial charge in [-0.3, -0.25) is 9.59 Å². The first-order valence-corrected chi connectivity index (χ1v) is 12.4. The van der Waals surface area contributed by atoms with Gasteiger partial charge in [0.15, 0.2) is 0 Å². The summed E-state index contributed by atoms with van der Waals surface area (Å²) in [5, 5.41) is 0.113. The normalized spacial score (nSPS) is 12.5. The number of carbonyl (C=O) groups excluding carboxylic acids is 2. The summed E-state index contributed by atoms with van der Waals surface area (Å²) in [4.78, 5) is 27.9. The molecule has 8 heteroatoms. The van der Waals surface area contributed by atoms with Crippen LogP contribution in [-0.4, -0.2) is 31.4 Å². The zero-order chi connectivity index (χ0) is 24.0. The van der Waals surface area contributed by atoms with Crippen LogP contribution in [0.5, 0.6) is 17.2 Å². The maximum Gasteiger partial charge on any atom is 0.249 e. The summed E-state index contributed by atoms with van der Waals surface area (Å²) >= 11 is 6.33. The molecule has 0 radical (unpaired) electrons. The van der Waals surface area contributed by atoms with E-state index in [-0.39, 0.29) is 51.9 Å². The lowest BCUT2D eigenvalue weighted by molar-refractivity contribution is 0.103. The van der Waals surface area contributed by atoms with E-state index in [1.54, 1.807) is 56.3 Å². The molecule has 0 N–H and O–H groups in total. The third-order valence-corrected chi connectivity index (χ3v) is 7.83. The summed E-state index contributed by atoms with van der Waals surface area (Å²) in [5.74, 6) is 0.492. The lowest BCUT2D eigenvalue weighted by Gasteiger charge is -2.21. The Labute approximate surface area is 197 Å². The quantitative estimate of drug-likeness (QED) is 0.336. The van der Waals surface area contributed by atoms with Crippen molar-refractivity contribution in [2.24, 2.45) is 0 Å². The second kappa shape index (κ2) is 10.7. The smallest absolute Gasteiger partial charge is 0.249 e. The molecule has 0 aromatic heterocycles. The summed E-state index contributed by atoms with van der Waals surface area (Å²) < 4.78 is 31.2. The van der Waals surface area contributed by atoms with Crippen LogP contribution in [0.15, 0.2) is 66.7 Å². The Hall–Kier alpha value is -3.08. The standard InChI is InChI=1S/C25H24ClO6P/c1-4-31-20-15-10-16-21(32-5-2)23(20)25(28)33(29,17-11-7-6-8-12-17)24(27)22-18(26)13-9-14-19(22)30-3/h6-16H,4-5H2,1-3H3. The van der Waals surface area contributed by atoms with Crippen molar-refractivity contribution >= 4 is 35.1 Å². The SMILES string of the molecule is CCOc1cccc(OCC)c1C(=O)P(=O)(C(=O)c1c(Cl)cccc1OC)c1ccccc1. The van der Waals surface area contributed by atoms with Crippen molar-refractivity contribution in [2.75, 3.05) is 20.3 Å². The highest BCUT2D eigenvalue weighted by atomic mass is 35.5. The molecule has 3 aromatic carbocycles. The minimum Gasteiger partial charge on any atom is -0.496 e. The molecule has 172 valence electrons. The number of rotatable bonds is 10. The first-order valence-electron chi connectivity index (χ1n) is 10.4. The molecule has 33 heavy (non-hydrogen) atoms. The maximum atomic E-state index is 14.6. The van der Waals surface area contributed by atoms with Gasteiger partial charge in [-0.25, -0.2) is 0 Å². The van der Waals surface area contributed by atoms with Gasteiger partial charge in [-0.1, -0.05) is 54.1 Å². The maximum absolute atomic E-state index is 14.6. The van der Waals surface area contributed by atoms with Gasteiger partial charge < -0.3 is 18.8 Å². The fourth-order valence-electron chi connectivity index (χ4n) is 3.43. The van der Waals surface area contributed by atoms with Crippen LogP contribution in [0.2, 0.25) is 5.02 Å². The molecule has 0 fully saturated rings. The molecule has 3 aromatic rings. The fourth-order valence-corrected chi connectivity index (χ4v) is 6.08. The molecule has 0 bridgehead atoms. The van der Waals surface area contributed by atoms with Gasteiger partial charge in [-0.05, 0) is 38.1 Å². The topological polar surface area (TPSA) is 78.9 Å². The van der Waals surface area contributed by atoms with Crippen molar-refractivity contribution in [2.45, 2.75) is 13.8 Å². The zero-order valence-corrected chi connectivity index (χ0v) is 20.2. The van der Waals surface area contributed by atoms with E-state index in [1.165, 1.54) is 31.4 Å². The van der Waals surface area contributed by atoms with Crippen molar-refractivity contribution in [3.05, 3.63) is 82.9 Å². The van der Waals surface area contributed by atoms with Gasteiger partial charge in [-0.2, -0.15) is 0 Å². The third-order valence-electron chi connectivity index (χ3n) is 4.90. The predicted octanol–water partition coefficient (Wildman–Crippen LogP) is 5.82. The monoisotopic (exact) mass is 486 g/mol. The Balaban J connectivity index is 2.32. The van der Waals surface area contributed by atoms with Gasteiger partial charge >= 0.3 is 0 Å². The molecule has 1 unspecified atom stereocenters. The van der Waals surface area contributed by atoms with Gasteiger partial charge in [-0.15, -0.1) is 0 Å². The number of benzene rings is 3. The molecule has 0 aliphatic carbocycles. The summed E-state index contributed by atoms with van der Waals surface area (Å²) in [7, 11) is -3.10. The van der Waals surface area contributed by atoms with Crippen LogP contribution >= 0.6 is 18.7 Å². The summed E-state index contributed by atoms with van der Waals surface area (Å²) in [6.07, 6.45) is 0. The largest absolute Gasteiger partial charge is 0.496 e. The van der Waals surface area contributed by atoms with Gasteiger partial charge in [0, 0.05) is 5.30 Å². The first kappa shape index (κ1) is 24.6. The Morgan fingerprint density at radius 1 is 0.758 bits per heavy atom. The highest BCUT2D eigenvalue weighted by Crippen LogP contribution is 2.55. The number of halogens is 1. The minimum absolute atomic E-state index is 0.0337. The van der Waals surface area contributed by atoms with E-state index < -0.39 is 18.2 Å². The van der Waals surface area contributed by atoms with Crippen molar-refractivity contribution in [1.82, 2.24) is 0 Å². The van der Waals surface area contributed by atoms with E-state index in [9.17, 15) is 14.2 Å². The highest BCUT2D eigenvalue weighted by molar-refractivity contribution is 8.01. The summed E-state index contributed by atoms with van der Waals surface area (Å²) in [5.41, 5.74) is -1.98.